The van der Waals surface area contributed by atoms with E-state index in [4.69, 9.17) is 5.73 Å². The molecule has 0 radical (unpaired) electrons. The van der Waals surface area contributed by atoms with Crippen molar-refractivity contribution in [2.45, 2.75) is 18.7 Å². The van der Waals surface area contributed by atoms with Crippen molar-refractivity contribution >= 4 is 25.5 Å². The predicted molar refractivity (Wildman–Crippen MR) is 79.9 cm³/mol. The van der Waals surface area contributed by atoms with Gasteiger partial charge in [-0.2, -0.15) is 4.31 Å². The lowest BCUT2D eigenvalue weighted by atomic mass is 10.1. The molecule has 0 aliphatic carbocycles. The lowest BCUT2D eigenvalue weighted by Gasteiger charge is -2.19. The molecule has 0 unspecified atom stereocenters. The zero-order valence-corrected chi connectivity index (χ0v) is 13.7. The molecular weight excluding hydrogens is 300 g/mol. The normalized spacial score (nSPS) is 12.8. The Morgan fingerprint density at radius 1 is 1.15 bits per heavy atom. The first-order valence-electron chi connectivity index (χ1n) is 5.96. The first-order valence-corrected chi connectivity index (χ1v) is 9.46. The fraction of sp³-hybridized carbons (Fsp3) is 0.500. The molecule has 0 saturated carbocycles. The molecule has 0 spiro atoms. The quantitative estimate of drug-likeness (QED) is 0.799. The Balaban J connectivity index is 3.17. The van der Waals surface area contributed by atoms with Crippen LogP contribution >= 0.6 is 0 Å². The van der Waals surface area contributed by atoms with Crippen LogP contribution in [0.5, 0.6) is 0 Å². The first-order chi connectivity index (χ1) is 8.95. The van der Waals surface area contributed by atoms with Gasteiger partial charge >= 0.3 is 0 Å². The SMILES string of the molecule is Cc1cc(N)c(C)c(S(=O)(=O)N(C)CCS(C)(=O)=O)c1. The minimum Gasteiger partial charge on any atom is -0.398 e. The van der Waals surface area contributed by atoms with Crippen molar-refractivity contribution in [1.82, 2.24) is 4.31 Å². The van der Waals surface area contributed by atoms with Gasteiger partial charge in [0.1, 0.15) is 9.84 Å². The van der Waals surface area contributed by atoms with Crippen LogP contribution in [0, 0.1) is 13.8 Å². The highest BCUT2D eigenvalue weighted by molar-refractivity contribution is 7.91. The summed E-state index contributed by atoms with van der Waals surface area (Å²) in [5, 5.41) is 0. The summed E-state index contributed by atoms with van der Waals surface area (Å²) in [5.41, 5.74) is 7.40. The van der Waals surface area contributed by atoms with Gasteiger partial charge in [-0.1, -0.05) is 0 Å². The number of sulfone groups is 1. The molecule has 20 heavy (non-hydrogen) atoms. The molecular formula is C12H20N2O4S2. The molecule has 0 aliphatic rings. The topological polar surface area (TPSA) is 97.5 Å². The van der Waals surface area contributed by atoms with Gasteiger partial charge in [0.25, 0.3) is 0 Å². The number of benzene rings is 1. The molecule has 0 bridgehead atoms. The molecule has 1 rings (SSSR count). The van der Waals surface area contributed by atoms with Gasteiger partial charge < -0.3 is 5.73 Å². The molecule has 1 aromatic rings. The van der Waals surface area contributed by atoms with E-state index in [1.807, 2.05) is 0 Å². The Kier molecular flexibility index (Phi) is 4.83. The highest BCUT2D eigenvalue weighted by atomic mass is 32.2. The lowest BCUT2D eigenvalue weighted by Crippen LogP contribution is -2.32. The maximum atomic E-state index is 12.4. The number of nitrogen functional groups attached to an aromatic ring is 1. The van der Waals surface area contributed by atoms with Gasteiger partial charge in [0, 0.05) is 25.5 Å². The summed E-state index contributed by atoms with van der Waals surface area (Å²) in [6.07, 6.45) is 1.07. The minimum absolute atomic E-state index is 0.0888. The van der Waals surface area contributed by atoms with E-state index in [2.05, 4.69) is 0 Å². The second-order valence-electron chi connectivity index (χ2n) is 4.93. The lowest BCUT2D eigenvalue weighted by molar-refractivity contribution is 0.484. The molecule has 0 fully saturated rings. The molecule has 2 N–H and O–H groups in total. The molecule has 0 aromatic heterocycles. The van der Waals surface area contributed by atoms with E-state index in [9.17, 15) is 16.8 Å². The molecule has 0 amide bonds. The number of aryl methyl sites for hydroxylation is 1. The molecule has 8 heteroatoms. The van der Waals surface area contributed by atoms with Crippen LogP contribution in [0.4, 0.5) is 5.69 Å². The molecule has 6 nitrogen and oxygen atoms in total. The van der Waals surface area contributed by atoms with Crippen molar-refractivity contribution in [2.75, 3.05) is 31.3 Å². The van der Waals surface area contributed by atoms with E-state index in [0.717, 1.165) is 16.1 Å². The number of anilines is 1. The average molecular weight is 320 g/mol. The summed E-state index contributed by atoms with van der Waals surface area (Å²) in [7, 11) is -5.61. The van der Waals surface area contributed by atoms with E-state index in [0.29, 0.717) is 11.3 Å². The number of hydrogen-bond acceptors (Lipinski definition) is 5. The van der Waals surface area contributed by atoms with Crippen LogP contribution in [0.3, 0.4) is 0 Å². The Labute approximate surface area is 120 Å². The summed E-state index contributed by atoms with van der Waals surface area (Å²) in [6.45, 7) is 3.30. The summed E-state index contributed by atoms with van der Waals surface area (Å²) >= 11 is 0. The maximum absolute atomic E-state index is 12.4. The Morgan fingerprint density at radius 2 is 1.70 bits per heavy atom. The maximum Gasteiger partial charge on any atom is 0.243 e. The zero-order chi connectivity index (χ0) is 15.7. The van der Waals surface area contributed by atoms with Crippen molar-refractivity contribution in [1.29, 1.82) is 0 Å². The van der Waals surface area contributed by atoms with Crippen LogP contribution in [-0.4, -0.2) is 46.7 Å². The number of nitrogens with zero attached hydrogens (tertiary/aromatic N) is 1. The van der Waals surface area contributed by atoms with Gasteiger partial charge in [0.2, 0.25) is 10.0 Å². The van der Waals surface area contributed by atoms with Crippen LogP contribution in [0.1, 0.15) is 11.1 Å². The number of nitrogens with two attached hydrogens (primary N) is 1. The van der Waals surface area contributed by atoms with E-state index < -0.39 is 19.9 Å². The third-order valence-electron chi connectivity index (χ3n) is 3.01. The zero-order valence-electron chi connectivity index (χ0n) is 12.0. The van der Waals surface area contributed by atoms with Crippen LogP contribution in [0.25, 0.3) is 0 Å². The first kappa shape index (κ1) is 16.9. The fourth-order valence-corrected chi connectivity index (χ4v) is 3.93. The monoisotopic (exact) mass is 320 g/mol. The van der Waals surface area contributed by atoms with Crippen LogP contribution in [-0.2, 0) is 19.9 Å². The molecule has 0 atom stereocenters. The van der Waals surface area contributed by atoms with Crippen molar-refractivity contribution in [3.63, 3.8) is 0 Å². The fourth-order valence-electron chi connectivity index (χ4n) is 1.70. The number of rotatable bonds is 5. The second kappa shape index (κ2) is 5.71. The summed E-state index contributed by atoms with van der Waals surface area (Å²) < 4.78 is 48.2. The molecule has 0 heterocycles. The highest BCUT2D eigenvalue weighted by Gasteiger charge is 2.24. The van der Waals surface area contributed by atoms with Crippen molar-refractivity contribution in [3.8, 4) is 0 Å². The predicted octanol–water partition coefficient (Wildman–Crippen LogP) is 0.551. The van der Waals surface area contributed by atoms with Crippen LogP contribution in [0.15, 0.2) is 17.0 Å². The van der Waals surface area contributed by atoms with Gasteiger partial charge in [-0.15, -0.1) is 0 Å². The van der Waals surface area contributed by atoms with Crippen molar-refractivity contribution in [2.24, 2.45) is 0 Å². The largest absolute Gasteiger partial charge is 0.398 e. The minimum atomic E-state index is -3.75. The molecule has 1 aromatic carbocycles. The van der Waals surface area contributed by atoms with E-state index in [1.54, 1.807) is 19.9 Å². The number of hydrogen-bond donors (Lipinski definition) is 1. The summed E-state index contributed by atoms with van der Waals surface area (Å²) in [5.74, 6) is -0.219. The van der Waals surface area contributed by atoms with E-state index in [-0.39, 0.29) is 17.2 Å². The summed E-state index contributed by atoms with van der Waals surface area (Å²) in [6, 6.07) is 3.24. The smallest absolute Gasteiger partial charge is 0.243 e. The molecule has 0 aliphatic heterocycles. The van der Waals surface area contributed by atoms with E-state index >= 15 is 0 Å². The molecule has 114 valence electrons. The van der Waals surface area contributed by atoms with Gasteiger partial charge in [0.15, 0.2) is 0 Å². The Morgan fingerprint density at radius 3 is 2.20 bits per heavy atom. The van der Waals surface area contributed by atoms with E-state index in [1.165, 1.54) is 13.1 Å². The van der Waals surface area contributed by atoms with Gasteiger partial charge in [-0.3, -0.25) is 0 Å². The second-order valence-corrected chi connectivity index (χ2v) is 9.21. The van der Waals surface area contributed by atoms with Crippen LogP contribution < -0.4 is 5.73 Å². The third kappa shape index (κ3) is 3.94. The number of sulfonamides is 1. The summed E-state index contributed by atoms with van der Waals surface area (Å²) in [4.78, 5) is 0.117. The Bertz CT molecular complexity index is 709. The third-order valence-corrected chi connectivity index (χ3v) is 5.92. The average Bonchev–Trinajstić information content (AvgIpc) is 2.29. The van der Waals surface area contributed by atoms with Gasteiger partial charge in [0.05, 0.1) is 10.6 Å². The van der Waals surface area contributed by atoms with Crippen molar-refractivity contribution < 1.29 is 16.8 Å². The van der Waals surface area contributed by atoms with Crippen molar-refractivity contribution in [3.05, 3.63) is 23.3 Å². The van der Waals surface area contributed by atoms with Crippen LogP contribution in [0.2, 0.25) is 0 Å². The van der Waals surface area contributed by atoms with Gasteiger partial charge in [-0.25, -0.2) is 16.8 Å². The molecule has 0 saturated heterocycles. The highest BCUT2D eigenvalue weighted by Crippen LogP contribution is 2.25. The Hall–Kier alpha value is -1.12. The standard InChI is InChI=1S/C12H20N2O4S2/c1-9-7-11(13)10(2)12(8-9)20(17,18)14(3)5-6-19(4,15)16/h7-8H,5-6,13H2,1-4H3. The van der Waals surface area contributed by atoms with Gasteiger partial charge in [-0.05, 0) is 37.1 Å².